The highest BCUT2D eigenvalue weighted by molar-refractivity contribution is 8.18. The van der Waals surface area contributed by atoms with Gasteiger partial charge in [-0.05, 0) is 54.3 Å². The molecule has 1 saturated carbocycles. The fraction of sp³-hybridized carbons (Fsp3) is 0.444. The predicted octanol–water partition coefficient (Wildman–Crippen LogP) is 5.03. The van der Waals surface area contributed by atoms with Gasteiger partial charge in [0.25, 0.3) is 11.1 Å². The van der Waals surface area contributed by atoms with Gasteiger partial charge < -0.3 is 5.11 Å². The zero-order valence-electron chi connectivity index (χ0n) is 13.9. The van der Waals surface area contributed by atoms with Crippen LogP contribution >= 0.6 is 11.8 Å². The topological polar surface area (TPSA) is 57.6 Å². The van der Waals surface area contributed by atoms with Crippen LogP contribution in [-0.2, 0) is 11.0 Å². The van der Waals surface area contributed by atoms with Crippen LogP contribution in [0.5, 0.6) is 5.75 Å². The molecule has 1 heterocycles. The summed E-state index contributed by atoms with van der Waals surface area (Å²) < 4.78 is 38.7. The number of nitrogens with zero attached hydrogens (tertiary/aromatic N) is 1. The molecule has 1 aromatic rings. The van der Waals surface area contributed by atoms with Crippen LogP contribution in [-0.4, -0.2) is 27.7 Å². The van der Waals surface area contributed by atoms with Gasteiger partial charge in [0.2, 0.25) is 0 Å². The fourth-order valence-corrected chi connectivity index (χ4v) is 4.16. The van der Waals surface area contributed by atoms with Crippen molar-refractivity contribution < 1.29 is 27.9 Å². The molecule has 0 unspecified atom stereocenters. The van der Waals surface area contributed by atoms with Crippen molar-refractivity contribution in [2.45, 2.75) is 38.3 Å². The number of hydrogen-bond donors (Lipinski definition) is 1. The van der Waals surface area contributed by atoms with E-state index in [1.165, 1.54) is 23.5 Å². The number of rotatable bonds is 3. The van der Waals surface area contributed by atoms with Gasteiger partial charge in [0, 0.05) is 6.54 Å². The first-order valence-electron chi connectivity index (χ1n) is 8.41. The molecule has 2 fully saturated rings. The van der Waals surface area contributed by atoms with Gasteiger partial charge >= 0.3 is 6.18 Å². The lowest BCUT2D eigenvalue weighted by molar-refractivity contribution is -0.138. The maximum Gasteiger partial charge on any atom is 0.419 e. The van der Waals surface area contributed by atoms with Crippen molar-refractivity contribution in [3.63, 3.8) is 0 Å². The summed E-state index contributed by atoms with van der Waals surface area (Å²) in [6, 6.07) is 2.98. The number of carbonyl (C=O) groups is 2. The quantitative estimate of drug-likeness (QED) is 0.742. The van der Waals surface area contributed by atoms with Gasteiger partial charge in [0.15, 0.2) is 0 Å². The zero-order valence-corrected chi connectivity index (χ0v) is 14.7. The lowest BCUT2D eigenvalue weighted by Crippen LogP contribution is -2.34. The molecule has 0 aromatic heterocycles. The molecular formula is C18H18F3NO3S. The Morgan fingerprint density at radius 1 is 1.19 bits per heavy atom. The number of alkyl halides is 3. The van der Waals surface area contributed by atoms with Crippen molar-refractivity contribution in [2.75, 3.05) is 6.54 Å². The van der Waals surface area contributed by atoms with Gasteiger partial charge in [-0.25, -0.2) is 0 Å². The van der Waals surface area contributed by atoms with Crippen LogP contribution in [0.4, 0.5) is 18.0 Å². The summed E-state index contributed by atoms with van der Waals surface area (Å²) in [5.41, 5.74) is -1.06. The molecule has 1 saturated heterocycles. The Balaban J connectivity index is 1.79. The molecule has 1 aromatic carbocycles. The average molecular weight is 385 g/mol. The minimum Gasteiger partial charge on any atom is -0.507 e. The maximum atomic E-state index is 12.9. The summed E-state index contributed by atoms with van der Waals surface area (Å²) in [5, 5.41) is 8.99. The molecule has 2 aliphatic rings. The molecule has 26 heavy (non-hydrogen) atoms. The molecule has 1 aliphatic heterocycles. The van der Waals surface area contributed by atoms with Crippen LogP contribution in [0.2, 0.25) is 0 Å². The largest absolute Gasteiger partial charge is 0.507 e. The third-order valence-electron chi connectivity index (χ3n) is 4.66. The highest BCUT2D eigenvalue weighted by Crippen LogP contribution is 2.38. The lowest BCUT2D eigenvalue weighted by atomic mass is 9.89. The Morgan fingerprint density at radius 2 is 1.88 bits per heavy atom. The van der Waals surface area contributed by atoms with Crippen LogP contribution in [0.3, 0.4) is 0 Å². The number of carbonyl (C=O) groups excluding carboxylic acids is 2. The molecule has 0 bridgehead atoms. The smallest absolute Gasteiger partial charge is 0.419 e. The lowest BCUT2D eigenvalue weighted by Gasteiger charge is -2.25. The Hall–Kier alpha value is -1.96. The second-order valence-electron chi connectivity index (χ2n) is 6.57. The van der Waals surface area contributed by atoms with Crippen molar-refractivity contribution in [3.8, 4) is 5.75 Å². The van der Waals surface area contributed by atoms with E-state index in [2.05, 4.69) is 0 Å². The molecular weight excluding hydrogens is 367 g/mol. The minimum atomic E-state index is -4.70. The number of phenolic OH excluding ortho intramolecular Hbond substituents is 1. The number of aromatic hydroxyl groups is 1. The Bertz CT molecular complexity index is 755. The maximum absolute atomic E-state index is 12.9. The summed E-state index contributed by atoms with van der Waals surface area (Å²) >= 11 is 0.738. The zero-order chi connectivity index (χ0) is 18.9. The molecule has 1 N–H and O–H groups in total. The van der Waals surface area contributed by atoms with Crippen molar-refractivity contribution in [1.82, 2.24) is 4.90 Å². The Morgan fingerprint density at radius 3 is 2.54 bits per heavy atom. The van der Waals surface area contributed by atoms with Gasteiger partial charge in [-0.15, -0.1) is 0 Å². The number of imide groups is 1. The second kappa shape index (κ2) is 7.34. The van der Waals surface area contributed by atoms with E-state index >= 15 is 0 Å². The minimum absolute atomic E-state index is 0.102. The Kier molecular flexibility index (Phi) is 5.32. The second-order valence-corrected chi connectivity index (χ2v) is 7.56. The molecule has 2 amide bonds. The molecule has 1 aliphatic carbocycles. The van der Waals surface area contributed by atoms with Crippen LogP contribution in [0.15, 0.2) is 23.1 Å². The third kappa shape index (κ3) is 4.06. The summed E-state index contributed by atoms with van der Waals surface area (Å²) in [4.78, 5) is 25.9. The summed E-state index contributed by atoms with van der Waals surface area (Å²) in [6.07, 6.45) is 1.87. The molecule has 4 nitrogen and oxygen atoms in total. The van der Waals surface area contributed by atoms with E-state index in [1.54, 1.807) is 0 Å². The number of benzene rings is 1. The average Bonchev–Trinajstić information content (AvgIpc) is 2.84. The standard InChI is InChI=1S/C18H18F3NO3S/c19-18(20,21)13-8-12(6-7-14(13)23)9-15-16(24)22(17(25)26-15)10-11-4-2-1-3-5-11/h6-9,11,23H,1-5,10H2/b15-9-. The number of amides is 2. The summed E-state index contributed by atoms with van der Waals surface area (Å²) in [5.74, 6) is -1.05. The summed E-state index contributed by atoms with van der Waals surface area (Å²) in [6.45, 7) is 0.366. The van der Waals surface area contributed by atoms with Crippen LogP contribution in [0.1, 0.15) is 43.2 Å². The van der Waals surface area contributed by atoms with E-state index in [0.717, 1.165) is 49.6 Å². The van der Waals surface area contributed by atoms with E-state index in [9.17, 15) is 27.9 Å². The number of hydrogen-bond acceptors (Lipinski definition) is 4. The number of thioether (sulfide) groups is 1. The number of phenols is 1. The predicted molar refractivity (Wildman–Crippen MR) is 92.4 cm³/mol. The molecule has 8 heteroatoms. The molecule has 3 rings (SSSR count). The van der Waals surface area contributed by atoms with E-state index < -0.39 is 23.4 Å². The molecule has 140 valence electrons. The van der Waals surface area contributed by atoms with E-state index in [1.807, 2.05) is 0 Å². The van der Waals surface area contributed by atoms with Crippen molar-refractivity contribution in [1.29, 1.82) is 0 Å². The van der Waals surface area contributed by atoms with Gasteiger partial charge in [-0.3, -0.25) is 14.5 Å². The third-order valence-corrected chi connectivity index (χ3v) is 5.57. The van der Waals surface area contributed by atoms with E-state index in [0.29, 0.717) is 12.5 Å². The SMILES string of the molecule is O=C1S/C(=C\c2ccc(O)c(C(F)(F)F)c2)C(=O)N1CC1CCCCC1. The van der Waals surface area contributed by atoms with E-state index in [4.69, 9.17) is 0 Å². The summed E-state index contributed by atoms with van der Waals surface area (Å²) in [7, 11) is 0. The Labute approximate surface area is 153 Å². The highest BCUT2D eigenvalue weighted by atomic mass is 32.2. The van der Waals surface area contributed by atoms with Gasteiger partial charge in [-0.1, -0.05) is 25.3 Å². The first-order chi connectivity index (χ1) is 12.3. The first kappa shape index (κ1) is 18.8. The van der Waals surface area contributed by atoms with Crippen LogP contribution in [0, 0.1) is 5.92 Å². The van der Waals surface area contributed by atoms with Crippen LogP contribution < -0.4 is 0 Å². The van der Waals surface area contributed by atoms with Crippen LogP contribution in [0.25, 0.3) is 6.08 Å². The normalized spacial score (nSPS) is 21.0. The number of halogens is 3. The van der Waals surface area contributed by atoms with Gasteiger partial charge in [0.1, 0.15) is 5.75 Å². The molecule has 0 spiro atoms. The van der Waals surface area contributed by atoms with Crippen molar-refractivity contribution in [2.24, 2.45) is 5.92 Å². The van der Waals surface area contributed by atoms with Gasteiger partial charge in [-0.2, -0.15) is 13.2 Å². The monoisotopic (exact) mass is 385 g/mol. The molecule has 0 radical (unpaired) electrons. The van der Waals surface area contributed by atoms with Crippen molar-refractivity contribution in [3.05, 3.63) is 34.2 Å². The highest BCUT2D eigenvalue weighted by Gasteiger charge is 2.37. The molecule has 0 atom stereocenters. The van der Waals surface area contributed by atoms with Crippen molar-refractivity contribution >= 4 is 29.0 Å². The first-order valence-corrected chi connectivity index (χ1v) is 9.23. The fourth-order valence-electron chi connectivity index (χ4n) is 3.31. The van der Waals surface area contributed by atoms with Gasteiger partial charge in [0.05, 0.1) is 10.5 Å². The van der Waals surface area contributed by atoms with E-state index in [-0.39, 0.29) is 15.7 Å².